The van der Waals surface area contributed by atoms with Crippen LogP contribution in [0.2, 0.25) is 0 Å². The fourth-order valence-electron chi connectivity index (χ4n) is 1.19. The summed E-state index contributed by atoms with van der Waals surface area (Å²) in [6.07, 6.45) is 4.26. The molecule has 0 fully saturated rings. The molecule has 4 nitrogen and oxygen atoms in total. The smallest absolute Gasteiger partial charge is 0.226 e. The standard InChI is InChI=1S/C10H7BrN2O2S/c11-9-4-2-6-13-10(9)16(14,15)8-3-1-5-12-7-8/h1-7H. The highest BCUT2D eigenvalue weighted by Crippen LogP contribution is 2.24. The lowest BCUT2D eigenvalue weighted by Gasteiger charge is -2.04. The molecule has 2 aromatic heterocycles. The van der Waals surface area contributed by atoms with Crippen LogP contribution in [0, 0.1) is 0 Å². The SMILES string of the molecule is O=S(=O)(c1cccnc1)c1ncccc1Br. The number of rotatable bonds is 2. The van der Waals surface area contributed by atoms with Gasteiger partial charge < -0.3 is 0 Å². The van der Waals surface area contributed by atoms with Gasteiger partial charge in [0.25, 0.3) is 0 Å². The van der Waals surface area contributed by atoms with Gasteiger partial charge in [-0.15, -0.1) is 0 Å². The van der Waals surface area contributed by atoms with Crippen LogP contribution in [-0.2, 0) is 9.84 Å². The van der Waals surface area contributed by atoms with Crippen LogP contribution in [0.3, 0.4) is 0 Å². The quantitative estimate of drug-likeness (QED) is 0.851. The van der Waals surface area contributed by atoms with Crippen molar-refractivity contribution < 1.29 is 8.42 Å². The Kier molecular flexibility index (Phi) is 3.02. The van der Waals surface area contributed by atoms with Crippen molar-refractivity contribution in [1.29, 1.82) is 0 Å². The van der Waals surface area contributed by atoms with Crippen molar-refractivity contribution in [3.05, 3.63) is 47.3 Å². The summed E-state index contributed by atoms with van der Waals surface area (Å²) >= 11 is 3.17. The van der Waals surface area contributed by atoms with Crippen LogP contribution in [-0.4, -0.2) is 18.4 Å². The highest BCUT2D eigenvalue weighted by molar-refractivity contribution is 9.10. The molecule has 0 aliphatic rings. The highest BCUT2D eigenvalue weighted by atomic mass is 79.9. The van der Waals surface area contributed by atoms with Crippen LogP contribution >= 0.6 is 15.9 Å². The lowest BCUT2D eigenvalue weighted by molar-refractivity contribution is 0.591. The van der Waals surface area contributed by atoms with Crippen LogP contribution in [0.25, 0.3) is 0 Å². The van der Waals surface area contributed by atoms with E-state index in [2.05, 4.69) is 25.9 Å². The Hall–Kier alpha value is -1.27. The third-order valence-electron chi connectivity index (χ3n) is 1.92. The monoisotopic (exact) mass is 298 g/mol. The fraction of sp³-hybridized carbons (Fsp3) is 0. The molecule has 82 valence electrons. The van der Waals surface area contributed by atoms with Crippen molar-refractivity contribution in [2.45, 2.75) is 9.92 Å². The number of aromatic nitrogens is 2. The van der Waals surface area contributed by atoms with Gasteiger partial charge in [0.1, 0.15) is 0 Å². The lowest BCUT2D eigenvalue weighted by Crippen LogP contribution is -2.05. The van der Waals surface area contributed by atoms with E-state index in [0.29, 0.717) is 4.47 Å². The third-order valence-corrected chi connectivity index (χ3v) is 4.52. The summed E-state index contributed by atoms with van der Waals surface area (Å²) in [6.45, 7) is 0. The summed E-state index contributed by atoms with van der Waals surface area (Å²) in [4.78, 5) is 7.78. The van der Waals surface area contributed by atoms with Crippen molar-refractivity contribution >= 4 is 25.8 Å². The predicted octanol–water partition coefficient (Wildman–Crippen LogP) is 2.07. The van der Waals surface area contributed by atoms with E-state index in [1.54, 1.807) is 18.2 Å². The Balaban J connectivity index is 2.62. The fourth-order valence-corrected chi connectivity index (χ4v) is 3.29. The zero-order chi connectivity index (χ0) is 11.6. The molecule has 2 heterocycles. The second kappa shape index (κ2) is 4.31. The largest absolute Gasteiger partial charge is 0.263 e. The van der Waals surface area contributed by atoms with Gasteiger partial charge in [0.05, 0.1) is 9.37 Å². The molecule has 0 aliphatic carbocycles. The topological polar surface area (TPSA) is 59.9 Å². The molecule has 16 heavy (non-hydrogen) atoms. The van der Waals surface area contributed by atoms with E-state index in [1.807, 2.05) is 0 Å². The minimum atomic E-state index is -3.59. The van der Waals surface area contributed by atoms with E-state index >= 15 is 0 Å². The Morgan fingerprint density at radius 2 is 1.88 bits per heavy atom. The number of halogens is 1. The van der Waals surface area contributed by atoms with Crippen molar-refractivity contribution in [1.82, 2.24) is 9.97 Å². The summed E-state index contributed by atoms with van der Waals surface area (Å²) in [5.41, 5.74) is 0. The van der Waals surface area contributed by atoms with Gasteiger partial charge in [0, 0.05) is 18.6 Å². The molecular formula is C10H7BrN2O2S. The number of hydrogen-bond donors (Lipinski definition) is 0. The van der Waals surface area contributed by atoms with Gasteiger partial charge in [-0.25, -0.2) is 13.4 Å². The van der Waals surface area contributed by atoms with E-state index in [9.17, 15) is 8.42 Å². The molecular weight excluding hydrogens is 292 g/mol. The van der Waals surface area contributed by atoms with E-state index in [1.165, 1.54) is 24.7 Å². The first-order valence-corrected chi connectivity index (χ1v) is 6.65. The van der Waals surface area contributed by atoms with Crippen LogP contribution in [0.5, 0.6) is 0 Å². The normalized spacial score (nSPS) is 11.3. The second-order valence-electron chi connectivity index (χ2n) is 2.98. The molecule has 6 heteroatoms. The van der Waals surface area contributed by atoms with Gasteiger partial charge in [0.15, 0.2) is 5.03 Å². The maximum absolute atomic E-state index is 12.1. The number of hydrogen-bond acceptors (Lipinski definition) is 4. The molecule has 0 unspecified atom stereocenters. The van der Waals surface area contributed by atoms with Crippen molar-refractivity contribution in [2.75, 3.05) is 0 Å². The van der Waals surface area contributed by atoms with E-state index in [-0.39, 0.29) is 9.92 Å². The third kappa shape index (κ3) is 1.98. The Morgan fingerprint density at radius 3 is 2.50 bits per heavy atom. The maximum atomic E-state index is 12.1. The number of nitrogens with zero attached hydrogens (tertiary/aromatic N) is 2. The minimum absolute atomic E-state index is 0.00278. The number of pyridine rings is 2. The van der Waals surface area contributed by atoms with Gasteiger partial charge in [-0.05, 0) is 40.2 Å². The molecule has 0 N–H and O–H groups in total. The molecule has 0 aliphatic heterocycles. The van der Waals surface area contributed by atoms with Gasteiger partial charge in [-0.3, -0.25) is 4.98 Å². The molecule has 2 aromatic rings. The summed E-state index contributed by atoms with van der Waals surface area (Å²) < 4.78 is 24.7. The summed E-state index contributed by atoms with van der Waals surface area (Å²) in [5, 5.41) is 0.00278. The molecule has 0 spiro atoms. The first kappa shape index (κ1) is 11.2. The maximum Gasteiger partial charge on any atom is 0.226 e. The second-order valence-corrected chi connectivity index (χ2v) is 5.70. The van der Waals surface area contributed by atoms with Crippen LogP contribution < -0.4 is 0 Å². The first-order chi connectivity index (χ1) is 7.62. The molecule has 0 atom stereocenters. The zero-order valence-corrected chi connectivity index (χ0v) is 10.4. The average Bonchev–Trinajstić information content (AvgIpc) is 2.30. The van der Waals surface area contributed by atoms with E-state index < -0.39 is 9.84 Å². The van der Waals surface area contributed by atoms with Crippen molar-refractivity contribution in [3.63, 3.8) is 0 Å². The van der Waals surface area contributed by atoms with Gasteiger partial charge in [-0.1, -0.05) is 0 Å². The molecule has 0 aromatic carbocycles. The molecule has 2 rings (SSSR count). The van der Waals surface area contributed by atoms with Gasteiger partial charge in [0.2, 0.25) is 9.84 Å². The van der Waals surface area contributed by atoms with Crippen LogP contribution in [0.15, 0.2) is 57.3 Å². The van der Waals surface area contributed by atoms with Crippen LogP contribution in [0.1, 0.15) is 0 Å². The van der Waals surface area contributed by atoms with Crippen molar-refractivity contribution in [3.8, 4) is 0 Å². The van der Waals surface area contributed by atoms with Crippen molar-refractivity contribution in [2.24, 2.45) is 0 Å². The molecule has 0 amide bonds. The summed E-state index contributed by atoms with van der Waals surface area (Å²) in [6, 6.07) is 6.36. The lowest BCUT2D eigenvalue weighted by atomic mass is 10.5. The Labute approximate surface area is 101 Å². The van der Waals surface area contributed by atoms with Crippen LogP contribution in [0.4, 0.5) is 0 Å². The number of sulfone groups is 1. The first-order valence-electron chi connectivity index (χ1n) is 4.38. The summed E-state index contributed by atoms with van der Waals surface area (Å²) in [5.74, 6) is 0. The van der Waals surface area contributed by atoms with E-state index in [4.69, 9.17) is 0 Å². The molecule has 0 saturated heterocycles. The predicted molar refractivity (Wildman–Crippen MR) is 61.6 cm³/mol. The molecule has 0 bridgehead atoms. The minimum Gasteiger partial charge on any atom is -0.263 e. The Bertz CT molecular complexity index is 599. The highest BCUT2D eigenvalue weighted by Gasteiger charge is 2.21. The zero-order valence-electron chi connectivity index (χ0n) is 8.04. The summed E-state index contributed by atoms with van der Waals surface area (Å²) in [7, 11) is -3.59. The molecule has 0 saturated carbocycles. The van der Waals surface area contributed by atoms with Gasteiger partial charge >= 0.3 is 0 Å². The van der Waals surface area contributed by atoms with E-state index in [0.717, 1.165) is 0 Å². The molecule has 0 radical (unpaired) electrons. The average molecular weight is 299 g/mol. The Morgan fingerprint density at radius 1 is 1.12 bits per heavy atom. The van der Waals surface area contributed by atoms with Gasteiger partial charge in [-0.2, -0.15) is 0 Å².